The van der Waals surface area contributed by atoms with Crippen LogP contribution in [0.1, 0.15) is 37.7 Å². The molecule has 6 nitrogen and oxygen atoms in total. The average Bonchev–Trinajstić information content (AvgIpc) is 2.88. The summed E-state index contributed by atoms with van der Waals surface area (Å²) in [5, 5.41) is 2.93. The number of aromatic nitrogens is 1. The van der Waals surface area contributed by atoms with E-state index >= 15 is 0 Å². The maximum atomic E-state index is 13.4. The maximum absolute atomic E-state index is 13.4. The minimum Gasteiger partial charge on any atom is -0.361 e. The molecule has 2 heterocycles. The van der Waals surface area contributed by atoms with E-state index in [0.29, 0.717) is 26.1 Å². The number of carbonyl (C=O) groups excluding carboxylic acids is 2. The van der Waals surface area contributed by atoms with Gasteiger partial charge in [-0.05, 0) is 30.0 Å². The Kier molecular flexibility index (Phi) is 7.55. The molecule has 1 aromatic carbocycles. The fourth-order valence-electron chi connectivity index (χ4n) is 5.02. The minimum absolute atomic E-state index is 0.0634. The molecule has 1 saturated carbocycles. The summed E-state index contributed by atoms with van der Waals surface area (Å²) in [7, 11) is 0. The van der Waals surface area contributed by atoms with E-state index in [1.165, 1.54) is 6.42 Å². The van der Waals surface area contributed by atoms with Crippen molar-refractivity contribution in [2.24, 2.45) is 5.92 Å². The largest absolute Gasteiger partial charge is 0.361 e. The molecule has 1 atom stereocenters. The number of nitrogens with one attached hydrogen (secondary N) is 1. The molecule has 6 heteroatoms. The highest BCUT2D eigenvalue weighted by molar-refractivity contribution is 5.88. The van der Waals surface area contributed by atoms with E-state index < -0.39 is 5.60 Å². The third-order valence-corrected chi connectivity index (χ3v) is 6.74. The molecule has 1 saturated heterocycles. The van der Waals surface area contributed by atoms with Crippen molar-refractivity contribution >= 4 is 11.8 Å². The predicted molar refractivity (Wildman–Crippen MR) is 128 cm³/mol. The first kappa shape index (κ1) is 23.2. The van der Waals surface area contributed by atoms with Crippen molar-refractivity contribution in [3.8, 4) is 11.1 Å². The van der Waals surface area contributed by atoms with E-state index in [1.807, 2.05) is 47.5 Å². The van der Waals surface area contributed by atoms with Crippen LogP contribution in [0.5, 0.6) is 0 Å². The predicted octanol–water partition coefficient (Wildman–Crippen LogP) is 3.77. The van der Waals surface area contributed by atoms with Crippen molar-refractivity contribution in [1.82, 2.24) is 15.2 Å². The Morgan fingerprint density at radius 1 is 1.18 bits per heavy atom. The summed E-state index contributed by atoms with van der Waals surface area (Å²) >= 11 is 0. The van der Waals surface area contributed by atoms with Crippen molar-refractivity contribution in [3.05, 3.63) is 67.0 Å². The number of carbonyl (C=O) groups is 2. The molecule has 1 aromatic heterocycles. The zero-order valence-corrected chi connectivity index (χ0v) is 19.2. The Morgan fingerprint density at radius 2 is 2.00 bits per heavy atom. The van der Waals surface area contributed by atoms with Gasteiger partial charge in [-0.1, -0.05) is 55.7 Å². The highest BCUT2D eigenvalue weighted by Gasteiger charge is 2.46. The van der Waals surface area contributed by atoms with Crippen molar-refractivity contribution in [3.63, 3.8) is 0 Å². The Hall–Kier alpha value is -2.99. The monoisotopic (exact) mass is 447 g/mol. The summed E-state index contributed by atoms with van der Waals surface area (Å²) in [6.45, 7) is 5.19. The smallest absolute Gasteiger partial charge is 0.254 e. The van der Waals surface area contributed by atoms with Gasteiger partial charge in [-0.25, -0.2) is 0 Å². The van der Waals surface area contributed by atoms with Crippen molar-refractivity contribution < 1.29 is 14.3 Å². The molecule has 0 radical (unpaired) electrons. The van der Waals surface area contributed by atoms with E-state index in [0.717, 1.165) is 42.4 Å². The van der Waals surface area contributed by atoms with E-state index in [9.17, 15) is 9.59 Å². The van der Waals surface area contributed by atoms with Gasteiger partial charge in [0.05, 0.1) is 13.2 Å². The molecule has 0 spiro atoms. The molecule has 2 aromatic rings. The Morgan fingerprint density at radius 3 is 2.76 bits per heavy atom. The van der Waals surface area contributed by atoms with Gasteiger partial charge in [0.25, 0.3) is 5.91 Å². The van der Waals surface area contributed by atoms with Crippen LogP contribution in [-0.2, 0) is 20.7 Å². The molecule has 1 aliphatic carbocycles. The highest BCUT2D eigenvalue weighted by Crippen LogP contribution is 2.32. The number of hydrogen-bond donors (Lipinski definition) is 1. The summed E-state index contributed by atoms with van der Waals surface area (Å²) in [6, 6.07) is 11.9. The number of morpholine rings is 1. The third kappa shape index (κ3) is 5.33. The van der Waals surface area contributed by atoms with Gasteiger partial charge in [-0.2, -0.15) is 0 Å². The molecule has 2 aliphatic rings. The molecule has 1 N–H and O–H groups in total. The highest BCUT2D eigenvalue weighted by atomic mass is 16.5. The van der Waals surface area contributed by atoms with Crippen LogP contribution >= 0.6 is 0 Å². The second-order valence-corrected chi connectivity index (χ2v) is 9.01. The molecule has 4 rings (SSSR count). The van der Waals surface area contributed by atoms with Gasteiger partial charge in [0.2, 0.25) is 5.91 Å². The van der Waals surface area contributed by atoms with Gasteiger partial charge in [0.1, 0.15) is 0 Å². The molecular weight excluding hydrogens is 414 g/mol. The molecule has 0 bridgehead atoms. The fourth-order valence-corrected chi connectivity index (χ4v) is 5.02. The Labute approximate surface area is 196 Å². The topological polar surface area (TPSA) is 71.5 Å². The van der Waals surface area contributed by atoms with Gasteiger partial charge in [0.15, 0.2) is 5.60 Å². The van der Waals surface area contributed by atoms with E-state index in [2.05, 4.69) is 16.9 Å². The standard InChI is InChI=1S/C27H33N3O3/c1-2-14-29-26(32)27(18-22-11-6-7-13-24(22)23-12-8-15-28-19-23)20-30(16-17-33-27)25(31)21-9-4-3-5-10-21/h2,6-8,11-13,15,19,21H,1,3-5,9-10,14,16-18,20H2,(H,29,32)/t27-/m1/s1. The molecule has 2 amide bonds. The summed E-state index contributed by atoms with van der Waals surface area (Å²) in [5.41, 5.74) is 1.84. The van der Waals surface area contributed by atoms with Crippen LogP contribution < -0.4 is 5.32 Å². The van der Waals surface area contributed by atoms with Crippen LogP contribution in [0.4, 0.5) is 0 Å². The van der Waals surface area contributed by atoms with Crippen LogP contribution in [0.3, 0.4) is 0 Å². The second kappa shape index (κ2) is 10.8. The third-order valence-electron chi connectivity index (χ3n) is 6.74. The van der Waals surface area contributed by atoms with Gasteiger partial charge in [0, 0.05) is 43.4 Å². The van der Waals surface area contributed by atoms with E-state index in [-0.39, 0.29) is 24.3 Å². The number of benzene rings is 1. The molecule has 33 heavy (non-hydrogen) atoms. The van der Waals surface area contributed by atoms with Crippen molar-refractivity contribution in [1.29, 1.82) is 0 Å². The lowest BCUT2D eigenvalue weighted by Crippen LogP contribution is -2.62. The van der Waals surface area contributed by atoms with E-state index in [4.69, 9.17) is 4.74 Å². The first-order chi connectivity index (χ1) is 16.1. The van der Waals surface area contributed by atoms with Crippen LogP contribution in [0, 0.1) is 5.92 Å². The molecular formula is C27H33N3O3. The van der Waals surface area contributed by atoms with Gasteiger partial charge in [-0.15, -0.1) is 6.58 Å². The SMILES string of the molecule is C=CCNC(=O)[C@@]1(Cc2ccccc2-c2cccnc2)CN(C(=O)C2CCCCC2)CCO1. The maximum Gasteiger partial charge on any atom is 0.254 e. The van der Waals surface area contributed by atoms with Gasteiger partial charge >= 0.3 is 0 Å². The number of pyridine rings is 1. The molecule has 174 valence electrons. The van der Waals surface area contributed by atoms with Crippen LogP contribution in [0.25, 0.3) is 11.1 Å². The summed E-state index contributed by atoms with van der Waals surface area (Å²) in [5.74, 6) is 0.0254. The molecule has 1 aliphatic heterocycles. The summed E-state index contributed by atoms with van der Waals surface area (Å²) in [4.78, 5) is 32.9. The average molecular weight is 448 g/mol. The lowest BCUT2D eigenvalue weighted by atomic mass is 9.85. The van der Waals surface area contributed by atoms with Crippen molar-refractivity contribution in [2.75, 3.05) is 26.2 Å². The van der Waals surface area contributed by atoms with Crippen LogP contribution in [-0.4, -0.2) is 53.5 Å². The zero-order valence-electron chi connectivity index (χ0n) is 19.2. The summed E-state index contributed by atoms with van der Waals surface area (Å²) in [6.07, 6.45) is 10.9. The van der Waals surface area contributed by atoms with Gasteiger partial charge in [-0.3, -0.25) is 14.6 Å². The number of hydrogen-bond acceptors (Lipinski definition) is 4. The first-order valence-electron chi connectivity index (χ1n) is 11.9. The quantitative estimate of drug-likeness (QED) is 0.656. The second-order valence-electron chi connectivity index (χ2n) is 9.01. The number of nitrogens with zero attached hydrogens (tertiary/aromatic N) is 2. The Bertz CT molecular complexity index is 972. The number of rotatable bonds is 7. The van der Waals surface area contributed by atoms with Gasteiger partial charge < -0.3 is 15.0 Å². The minimum atomic E-state index is -1.15. The molecule has 2 fully saturated rings. The van der Waals surface area contributed by atoms with Crippen LogP contribution in [0.15, 0.2) is 61.4 Å². The van der Waals surface area contributed by atoms with Crippen LogP contribution in [0.2, 0.25) is 0 Å². The summed E-state index contributed by atoms with van der Waals surface area (Å²) < 4.78 is 6.23. The molecule has 0 unspecified atom stereocenters. The normalized spacial score (nSPS) is 21.4. The lowest BCUT2D eigenvalue weighted by Gasteiger charge is -2.43. The lowest BCUT2D eigenvalue weighted by molar-refractivity contribution is -0.168. The van der Waals surface area contributed by atoms with E-state index in [1.54, 1.807) is 12.3 Å². The van der Waals surface area contributed by atoms with Crippen molar-refractivity contribution in [2.45, 2.75) is 44.1 Å². The first-order valence-corrected chi connectivity index (χ1v) is 11.9. The number of amides is 2. The zero-order chi connectivity index (χ0) is 23.1. The Balaban J connectivity index is 1.64. The number of ether oxygens (including phenoxy) is 1. The fraction of sp³-hybridized carbons (Fsp3) is 0.444.